The molecule has 1 N–H and O–H groups in total. The van der Waals surface area contributed by atoms with Crippen LogP contribution in [0, 0.1) is 13.8 Å². The summed E-state index contributed by atoms with van der Waals surface area (Å²) in [5.74, 6) is -0.309. The fraction of sp³-hybridized carbons (Fsp3) is 0.316. The molecule has 1 atom stereocenters. The molecule has 1 saturated heterocycles. The van der Waals surface area contributed by atoms with Crippen molar-refractivity contribution in [1.29, 1.82) is 0 Å². The van der Waals surface area contributed by atoms with E-state index < -0.39 is 16.1 Å². The lowest BCUT2D eigenvalue weighted by atomic mass is 10.1. The fourth-order valence-corrected chi connectivity index (χ4v) is 5.99. The minimum Gasteiger partial charge on any atom is -0.324 e. The first-order valence-electron chi connectivity index (χ1n) is 8.99. The summed E-state index contributed by atoms with van der Waals surface area (Å²) in [6, 6.07) is 9.90. The van der Waals surface area contributed by atoms with Gasteiger partial charge in [0.25, 0.3) is 0 Å². The van der Waals surface area contributed by atoms with E-state index in [-0.39, 0.29) is 10.8 Å². The Morgan fingerprint density at radius 2 is 2.04 bits per heavy atom. The number of carbonyl (C=O) groups is 1. The summed E-state index contributed by atoms with van der Waals surface area (Å²) in [6.07, 6.45) is 1.12. The van der Waals surface area contributed by atoms with E-state index in [4.69, 9.17) is 0 Å². The molecule has 2 heterocycles. The highest BCUT2D eigenvalue weighted by Gasteiger charge is 2.40. The topological polar surface area (TPSA) is 92.3 Å². The number of nitrogens with zero attached hydrogens (tertiary/aromatic N) is 3. The lowest BCUT2D eigenvalue weighted by molar-refractivity contribution is -0.119. The Balaban J connectivity index is 1.64. The molecule has 1 amide bonds. The molecule has 0 radical (unpaired) electrons. The van der Waals surface area contributed by atoms with Crippen LogP contribution in [0.3, 0.4) is 0 Å². The van der Waals surface area contributed by atoms with Crippen molar-refractivity contribution in [1.82, 2.24) is 13.1 Å². The molecule has 28 heavy (non-hydrogen) atoms. The summed E-state index contributed by atoms with van der Waals surface area (Å²) in [5, 5.41) is 2.89. The smallest absolute Gasteiger partial charge is 0.246 e. The van der Waals surface area contributed by atoms with Crippen LogP contribution in [0.5, 0.6) is 0 Å². The van der Waals surface area contributed by atoms with E-state index >= 15 is 0 Å². The second-order valence-electron chi connectivity index (χ2n) is 6.97. The van der Waals surface area contributed by atoms with Gasteiger partial charge in [-0.2, -0.15) is 13.1 Å². The number of benzene rings is 2. The zero-order valence-electron chi connectivity index (χ0n) is 15.5. The molecule has 0 unspecified atom stereocenters. The van der Waals surface area contributed by atoms with E-state index in [2.05, 4.69) is 14.1 Å². The maximum atomic E-state index is 13.3. The van der Waals surface area contributed by atoms with Crippen LogP contribution < -0.4 is 5.32 Å². The number of amides is 1. The zero-order chi connectivity index (χ0) is 19.9. The van der Waals surface area contributed by atoms with Gasteiger partial charge in [-0.15, -0.1) is 0 Å². The van der Waals surface area contributed by atoms with Crippen molar-refractivity contribution in [2.24, 2.45) is 0 Å². The summed E-state index contributed by atoms with van der Waals surface area (Å²) < 4.78 is 36.2. The predicted octanol–water partition coefficient (Wildman–Crippen LogP) is 3.10. The summed E-state index contributed by atoms with van der Waals surface area (Å²) in [7, 11) is -3.86. The molecule has 1 aromatic heterocycles. The predicted molar refractivity (Wildman–Crippen MR) is 109 cm³/mol. The summed E-state index contributed by atoms with van der Waals surface area (Å²) in [5.41, 5.74) is 3.64. The fourth-order valence-electron chi connectivity index (χ4n) is 3.58. The molecule has 9 heteroatoms. The van der Waals surface area contributed by atoms with Crippen LogP contribution in [0.15, 0.2) is 41.3 Å². The molecule has 146 valence electrons. The molecule has 1 aliphatic rings. The highest BCUT2D eigenvalue weighted by Crippen LogP contribution is 2.30. The van der Waals surface area contributed by atoms with Crippen molar-refractivity contribution >= 4 is 44.4 Å². The monoisotopic (exact) mass is 416 g/mol. The van der Waals surface area contributed by atoms with E-state index in [0.717, 1.165) is 22.9 Å². The Labute approximate surface area is 167 Å². The van der Waals surface area contributed by atoms with Gasteiger partial charge < -0.3 is 5.32 Å². The van der Waals surface area contributed by atoms with E-state index in [1.54, 1.807) is 12.1 Å². The third kappa shape index (κ3) is 3.30. The van der Waals surface area contributed by atoms with Gasteiger partial charge in [-0.05, 0) is 50.5 Å². The van der Waals surface area contributed by atoms with Crippen LogP contribution in [-0.4, -0.2) is 40.0 Å². The molecule has 0 spiro atoms. The van der Waals surface area contributed by atoms with Crippen molar-refractivity contribution in [3.8, 4) is 0 Å². The van der Waals surface area contributed by atoms with Gasteiger partial charge in [0.15, 0.2) is 0 Å². The van der Waals surface area contributed by atoms with Gasteiger partial charge in [-0.3, -0.25) is 4.79 Å². The maximum absolute atomic E-state index is 13.3. The molecule has 1 fully saturated rings. The quantitative estimate of drug-likeness (QED) is 0.706. The molecule has 0 bridgehead atoms. The van der Waals surface area contributed by atoms with Gasteiger partial charge in [0.2, 0.25) is 15.9 Å². The normalized spacial score (nSPS) is 17.9. The SMILES string of the molecule is Cc1ccc(NC(=O)[C@H]2CCCN2S(=O)(=O)c2cccc3nsnc23)c(C)c1. The molecule has 4 rings (SSSR count). The van der Waals surface area contributed by atoms with Crippen molar-refractivity contribution in [2.45, 2.75) is 37.6 Å². The highest BCUT2D eigenvalue weighted by atomic mass is 32.2. The van der Waals surface area contributed by atoms with Crippen molar-refractivity contribution in [2.75, 3.05) is 11.9 Å². The first kappa shape index (κ1) is 19.0. The van der Waals surface area contributed by atoms with E-state index in [0.29, 0.717) is 36.1 Å². The average Bonchev–Trinajstić information content (AvgIpc) is 3.32. The Morgan fingerprint density at radius 1 is 1.21 bits per heavy atom. The average molecular weight is 417 g/mol. The Morgan fingerprint density at radius 3 is 2.82 bits per heavy atom. The van der Waals surface area contributed by atoms with Gasteiger partial charge in [-0.25, -0.2) is 8.42 Å². The van der Waals surface area contributed by atoms with Gasteiger partial charge in [0.05, 0.1) is 11.7 Å². The number of sulfonamides is 1. The number of hydrogen-bond acceptors (Lipinski definition) is 6. The van der Waals surface area contributed by atoms with Crippen LogP contribution in [0.1, 0.15) is 24.0 Å². The minimum absolute atomic E-state index is 0.102. The number of aryl methyl sites for hydroxylation is 2. The van der Waals surface area contributed by atoms with Crippen molar-refractivity contribution in [3.63, 3.8) is 0 Å². The minimum atomic E-state index is -3.86. The highest BCUT2D eigenvalue weighted by molar-refractivity contribution is 7.89. The van der Waals surface area contributed by atoms with Crippen LogP contribution in [0.2, 0.25) is 0 Å². The number of anilines is 1. The lowest BCUT2D eigenvalue weighted by Crippen LogP contribution is -2.43. The van der Waals surface area contributed by atoms with Crippen LogP contribution >= 0.6 is 11.7 Å². The molecular weight excluding hydrogens is 396 g/mol. The number of rotatable bonds is 4. The van der Waals surface area contributed by atoms with E-state index in [1.807, 2.05) is 32.0 Å². The standard InChI is InChI=1S/C19H20N4O3S2/c1-12-8-9-14(13(2)11-12)20-19(24)16-6-4-10-23(16)28(25,26)17-7-3-5-15-18(17)22-27-21-15/h3,5,7-9,11,16H,4,6,10H2,1-2H3,(H,20,24)/t16-/m1/s1. The number of carbonyl (C=O) groups excluding carboxylic acids is 1. The summed E-state index contributed by atoms with van der Waals surface area (Å²) in [4.78, 5) is 13.0. The Bertz CT molecular complexity index is 1160. The molecule has 3 aromatic rings. The molecule has 2 aromatic carbocycles. The van der Waals surface area contributed by atoms with Gasteiger partial charge in [-0.1, -0.05) is 23.8 Å². The number of hydrogen-bond donors (Lipinski definition) is 1. The Hall–Kier alpha value is -2.36. The maximum Gasteiger partial charge on any atom is 0.246 e. The van der Waals surface area contributed by atoms with Gasteiger partial charge in [0, 0.05) is 12.2 Å². The molecule has 7 nitrogen and oxygen atoms in total. The van der Waals surface area contributed by atoms with Crippen LogP contribution in [0.25, 0.3) is 11.0 Å². The van der Waals surface area contributed by atoms with E-state index in [9.17, 15) is 13.2 Å². The second kappa shape index (κ2) is 7.23. The molecular formula is C19H20N4O3S2. The van der Waals surface area contributed by atoms with Gasteiger partial charge >= 0.3 is 0 Å². The number of nitrogens with one attached hydrogen (secondary N) is 1. The van der Waals surface area contributed by atoms with Crippen LogP contribution in [-0.2, 0) is 14.8 Å². The lowest BCUT2D eigenvalue weighted by Gasteiger charge is -2.24. The third-order valence-corrected chi connectivity index (χ3v) is 7.46. The first-order chi connectivity index (χ1) is 13.4. The van der Waals surface area contributed by atoms with Gasteiger partial charge in [0.1, 0.15) is 22.0 Å². The van der Waals surface area contributed by atoms with Crippen molar-refractivity contribution < 1.29 is 13.2 Å². The number of fused-ring (bicyclic) bond motifs is 1. The summed E-state index contributed by atoms with van der Waals surface area (Å²) >= 11 is 0.975. The zero-order valence-corrected chi connectivity index (χ0v) is 17.2. The summed E-state index contributed by atoms with van der Waals surface area (Å²) in [6.45, 7) is 4.21. The van der Waals surface area contributed by atoms with Crippen molar-refractivity contribution in [3.05, 3.63) is 47.5 Å². The third-order valence-electron chi connectivity index (χ3n) is 4.98. The molecule has 0 aliphatic carbocycles. The number of aromatic nitrogens is 2. The molecule has 0 saturated carbocycles. The second-order valence-corrected chi connectivity index (χ2v) is 9.36. The largest absolute Gasteiger partial charge is 0.324 e. The Kier molecular flexibility index (Phi) is 4.90. The van der Waals surface area contributed by atoms with Crippen LogP contribution in [0.4, 0.5) is 5.69 Å². The molecule has 1 aliphatic heterocycles. The van der Waals surface area contributed by atoms with E-state index in [1.165, 1.54) is 10.4 Å². The first-order valence-corrected chi connectivity index (χ1v) is 11.2.